The monoisotopic (exact) mass is 269 g/mol. The van der Waals surface area contributed by atoms with Crippen molar-refractivity contribution in [2.45, 2.75) is 38.1 Å². The standard InChI is InChI=1S/C16H19N3O/c1-11-9-14(12-5-2-3-6-13(12)18-11)19-15(20)10-16(17)7-4-8-16/h2-3,5-6,9H,4,7-8,10,17H2,1H3,(H,18,19,20). The number of rotatable bonds is 3. The molecule has 0 saturated heterocycles. The first-order chi connectivity index (χ1) is 9.56. The second-order valence-corrected chi connectivity index (χ2v) is 5.77. The molecule has 1 aromatic carbocycles. The van der Waals surface area contributed by atoms with Gasteiger partial charge in [-0.05, 0) is 38.3 Å². The van der Waals surface area contributed by atoms with Gasteiger partial charge in [0.2, 0.25) is 5.91 Å². The van der Waals surface area contributed by atoms with Gasteiger partial charge < -0.3 is 11.1 Å². The summed E-state index contributed by atoms with van der Waals surface area (Å²) in [5, 5.41) is 3.96. The second-order valence-electron chi connectivity index (χ2n) is 5.77. The topological polar surface area (TPSA) is 68.0 Å². The lowest BCUT2D eigenvalue weighted by Crippen LogP contribution is -2.48. The summed E-state index contributed by atoms with van der Waals surface area (Å²) in [5.74, 6) is -0.0112. The molecule has 4 nitrogen and oxygen atoms in total. The van der Waals surface area contributed by atoms with E-state index in [0.29, 0.717) is 6.42 Å². The van der Waals surface area contributed by atoms with Gasteiger partial charge in [0.05, 0.1) is 11.2 Å². The number of carbonyl (C=O) groups is 1. The van der Waals surface area contributed by atoms with Crippen LogP contribution in [0.2, 0.25) is 0 Å². The van der Waals surface area contributed by atoms with Gasteiger partial charge >= 0.3 is 0 Å². The number of nitrogens with two attached hydrogens (primary N) is 1. The van der Waals surface area contributed by atoms with Crippen LogP contribution in [0.15, 0.2) is 30.3 Å². The molecule has 3 rings (SSSR count). The van der Waals surface area contributed by atoms with E-state index in [4.69, 9.17) is 5.73 Å². The van der Waals surface area contributed by atoms with E-state index in [2.05, 4.69) is 10.3 Å². The molecule has 1 aliphatic rings. The van der Waals surface area contributed by atoms with E-state index < -0.39 is 0 Å². The van der Waals surface area contributed by atoms with Gasteiger partial charge in [-0.1, -0.05) is 18.2 Å². The Labute approximate surface area is 118 Å². The Morgan fingerprint density at radius 3 is 2.85 bits per heavy atom. The van der Waals surface area contributed by atoms with E-state index in [9.17, 15) is 4.79 Å². The average Bonchev–Trinajstić information content (AvgIpc) is 2.36. The van der Waals surface area contributed by atoms with Crippen LogP contribution in [0.4, 0.5) is 5.69 Å². The number of para-hydroxylation sites is 1. The lowest BCUT2D eigenvalue weighted by atomic mass is 9.75. The van der Waals surface area contributed by atoms with E-state index in [1.165, 1.54) is 0 Å². The summed E-state index contributed by atoms with van der Waals surface area (Å²) >= 11 is 0. The molecule has 1 heterocycles. The molecule has 0 atom stereocenters. The molecule has 1 amide bonds. The molecule has 1 saturated carbocycles. The van der Waals surface area contributed by atoms with E-state index in [1.54, 1.807) is 0 Å². The molecule has 0 radical (unpaired) electrons. The second kappa shape index (κ2) is 4.87. The van der Waals surface area contributed by atoms with Crippen molar-refractivity contribution in [2.75, 3.05) is 5.32 Å². The lowest BCUT2D eigenvalue weighted by molar-refractivity contribution is -0.118. The zero-order valence-corrected chi connectivity index (χ0v) is 11.6. The maximum atomic E-state index is 12.2. The van der Waals surface area contributed by atoms with Crippen LogP contribution in [0.1, 0.15) is 31.4 Å². The highest BCUT2D eigenvalue weighted by molar-refractivity contribution is 6.01. The van der Waals surface area contributed by atoms with Crippen LogP contribution < -0.4 is 11.1 Å². The molecule has 0 unspecified atom stereocenters. The number of nitrogens with one attached hydrogen (secondary N) is 1. The van der Waals surface area contributed by atoms with E-state index in [1.807, 2.05) is 37.3 Å². The van der Waals surface area contributed by atoms with Gasteiger partial charge in [0.25, 0.3) is 0 Å². The smallest absolute Gasteiger partial charge is 0.226 e. The summed E-state index contributed by atoms with van der Waals surface area (Å²) in [6, 6.07) is 9.73. The maximum absolute atomic E-state index is 12.2. The predicted molar refractivity (Wildman–Crippen MR) is 80.5 cm³/mol. The Balaban J connectivity index is 1.84. The van der Waals surface area contributed by atoms with Crippen molar-refractivity contribution in [1.29, 1.82) is 0 Å². The molecule has 3 N–H and O–H groups in total. The summed E-state index contributed by atoms with van der Waals surface area (Å²) in [4.78, 5) is 16.6. The number of nitrogens with zero attached hydrogens (tertiary/aromatic N) is 1. The minimum absolute atomic E-state index is 0.0112. The molecule has 1 fully saturated rings. The minimum atomic E-state index is -0.290. The van der Waals surface area contributed by atoms with Gasteiger partial charge in [-0.15, -0.1) is 0 Å². The van der Waals surface area contributed by atoms with Crippen molar-refractivity contribution < 1.29 is 4.79 Å². The zero-order valence-electron chi connectivity index (χ0n) is 11.6. The molecule has 0 spiro atoms. The predicted octanol–water partition coefficient (Wildman–Crippen LogP) is 2.75. The molecular formula is C16H19N3O. The fraction of sp³-hybridized carbons (Fsp3) is 0.375. The molecule has 20 heavy (non-hydrogen) atoms. The minimum Gasteiger partial charge on any atom is -0.325 e. The van der Waals surface area contributed by atoms with Gasteiger partial charge in [0.15, 0.2) is 0 Å². The van der Waals surface area contributed by atoms with Gasteiger partial charge in [0, 0.05) is 23.0 Å². The highest BCUT2D eigenvalue weighted by atomic mass is 16.1. The SMILES string of the molecule is Cc1cc(NC(=O)CC2(N)CCC2)c2ccccc2n1. The molecule has 2 aromatic rings. The number of pyridine rings is 1. The Morgan fingerprint density at radius 2 is 2.15 bits per heavy atom. The third-order valence-electron chi connectivity index (χ3n) is 3.98. The molecular weight excluding hydrogens is 250 g/mol. The van der Waals surface area contributed by atoms with Crippen molar-refractivity contribution in [3.05, 3.63) is 36.0 Å². The zero-order chi connectivity index (χ0) is 14.2. The summed E-state index contributed by atoms with van der Waals surface area (Å²) in [5.41, 5.74) is 8.45. The number of benzene rings is 1. The molecule has 0 aliphatic heterocycles. The highest BCUT2D eigenvalue weighted by Crippen LogP contribution is 2.32. The molecule has 1 aliphatic carbocycles. The number of fused-ring (bicyclic) bond motifs is 1. The summed E-state index contributed by atoms with van der Waals surface area (Å²) in [6.07, 6.45) is 3.40. The average molecular weight is 269 g/mol. The van der Waals surface area contributed by atoms with Crippen LogP contribution in [-0.4, -0.2) is 16.4 Å². The number of anilines is 1. The summed E-state index contributed by atoms with van der Waals surface area (Å²) < 4.78 is 0. The number of hydrogen-bond acceptors (Lipinski definition) is 3. The van der Waals surface area contributed by atoms with E-state index >= 15 is 0 Å². The van der Waals surface area contributed by atoms with Gasteiger partial charge in [-0.2, -0.15) is 0 Å². The third-order valence-corrected chi connectivity index (χ3v) is 3.98. The number of aromatic nitrogens is 1. The van der Waals surface area contributed by atoms with Crippen molar-refractivity contribution in [1.82, 2.24) is 4.98 Å². The van der Waals surface area contributed by atoms with Crippen molar-refractivity contribution in [3.8, 4) is 0 Å². The Hall–Kier alpha value is -1.94. The Kier molecular flexibility index (Phi) is 3.18. The van der Waals surface area contributed by atoms with Gasteiger partial charge in [0.1, 0.15) is 0 Å². The van der Waals surface area contributed by atoms with Crippen LogP contribution in [0.5, 0.6) is 0 Å². The first-order valence-corrected chi connectivity index (χ1v) is 7.01. The highest BCUT2D eigenvalue weighted by Gasteiger charge is 2.34. The Morgan fingerprint density at radius 1 is 1.40 bits per heavy atom. The van der Waals surface area contributed by atoms with Crippen molar-refractivity contribution >= 4 is 22.5 Å². The number of amides is 1. The Bertz CT molecular complexity index is 662. The molecule has 104 valence electrons. The number of aryl methyl sites for hydroxylation is 1. The van der Waals surface area contributed by atoms with Crippen LogP contribution in [0.3, 0.4) is 0 Å². The first kappa shape index (κ1) is 13.1. The normalized spacial score (nSPS) is 16.7. The van der Waals surface area contributed by atoms with Crippen LogP contribution in [-0.2, 0) is 4.79 Å². The van der Waals surface area contributed by atoms with Crippen molar-refractivity contribution in [2.24, 2.45) is 5.73 Å². The fourth-order valence-electron chi connectivity index (χ4n) is 2.73. The molecule has 4 heteroatoms. The van der Waals surface area contributed by atoms with Gasteiger partial charge in [-0.3, -0.25) is 9.78 Å². The fourth-order valence-corrected chi connectivity index (χ4v) is 2.73. The number of hydrogen-bond donors (Lipinski definition) is 2. The summed E-state index contributed by atoms with van der Waals surface area (Å²) in [7, 11) is 0. The largest absolute Gasteiger partial charge is 0.325 e. The van der Waals surface area contributed by atoms with Crippen molar-refractivity contribution in [3.63, 3.8) is 0 Å². The quantitative estimate of drug-likeness (QED) is 0.900. The van der Waals surface area contributed by atoms with Crippen LogP contribution >= 0.6 is 0 Å². The van der Waals surface area contributed by atoms with E-state index in [-0.39, 0.29) is 11.4 Å². The first-order valence-electron chi connectivity index (χ1n) is 7.01. The molecule has 0 bridgehead atoms. The third kappa shape index (κ3) is 2.51. The number of carbonyl (C=O) groups excluding carboxylic acids is 1. The van der Waals surface area contributed by atoms with Crippen LogP contribution in [0.25, 0.3) is 10.9 Å². The lowest BCUT2D eigenvalue weighted by Gasteiger charge is -2.37. The molecule has 1 aromatic heterocycles. The van der Waals surface area contributed by atoms with Gasteiger partial charge in [-0.25, -0.2) is 0 Å². The van der Waals surface area contributed by atoms with E-state index in [0.717, 1.165) is 41.5 Å². The maximum Gasteiger partial charge on any atom is 0.226 e. The van der Waals surface area contributed by atoms with Crippen LogP contribution in [0, 0.1) is 6.92 Å². The summed E-state index contributed by atoms with van der Waals surface area (Å²) in [6.45, 7) is 1.93.